The van der Waals surface area contributed by atoms with E-state index in [1.165, 1.54) is 6.33 Å². The predicted octanol–water partition coefficient (Wildman–Crippen LogP) is 1.49. The number of hydrogen-bond donors (Lipinski definition) is 1. The summed E-state index contributed by atoms with van der Waals surface area (Å²) in [5.74, 6) is 0.220. The maximum absolute atomic E-state index is 10.5. The lowest BCUT2D eigenvalue weighted by atomic mass is 9.77. The summed E-state index contributed by atoms with van der Waals surface area (Å²) in [7, 11) is 0. The maximum Gasteiger partial charge on any atom is 0.115 e. The Morgan fingerprint density at radius 3 is 2.68 bits per heavy atom. The Kier molecular flexibility index (Phi) is 3.77. The summed E-state index contributed by atoms with van der Waals surface area (Å²) in [5, 5.41) is 10.5. The molecule has 0 aliphatic carbocycles. The van der Waals surface area contributed by atoms with Gasteiger partial charge in [0.1, 0.15) is 6.33 Å². The zero-order valence-corrected chi connectivity index (χ0v) is 11.0. The molecule has 2 saturated heterocycles. The molecule has 0 aromatic carbocycles. The first kappa shape index (κ1) is 13.0. The van der Waals surface area contributed by atoms with Crippen molar-refractivity contribution in [1.82, 2.24) is 9.97 Å². The molecule has 5 nitrogen and oxygen atoms in total. The van der Waals surface area contributed by atoms with Crippen LogP contribution >= 0.6 is 0 Å². The minimum Gasteiger partial charge on any atom is -0.388 e. The third-order valence-electron chi connectivity index (χ3n) is 4.30. The van der Waals surface area contributed by atoms with E-state index >= 15 is 0 Å². The second-order valence-corrected chi connectivity index (χ2v) is 5.51. The van der Waals surface area contributed by atoms with E-state index in [1.54, 1.807) is 12.4 Å². The van der Waals surface area contributed by atoms with Gasteiger partial charge in [0.05, 0.1) is 11.7 Å². The molecule has 2 unspecified atom stereocenters. The normalized spacial score (nSPS) is 28.2. The van der Waals surface area contributed by atoms with Crippen LogP contribution < -0.4 is 0 Å². The molecule has 5 heteroatoms. The summed E-state index contributed by atoms with van der Waals surface area (Å²) in [6.45, 7) is 2.24. The van der Waals surface area contributed by atoms with Gasteiger partial charge >= 0.3 is 0 Å². The average Bonchev–Trinajstić information content (AvgIpc) is 2.48. The first-order chi connectivity index (χ1) is 9.29. The summed E-state index contributed by atoms with van der Waals surface area (Å²) < 4.78 is 11.4. The van der Waals surface area contributed by atoms with Crippen LogP contribution in [0.2, 0.25) is 0 Å². The van der Waals surface area contributed by atoms with Crippen LogP contribution in [0.4, 0.5) is 0 Å². The molecule has 2 fully saturated rings. The number of hydrogen-bond acceptors (Lipinski definition) is 5. The third kappa shape index (κ3) is 2.78. The van der Waals surface area contributed by atoms with Gasteiger partial charge in [0.15, 0.2) is 0 Å². The van der Waals surface area contributed by atoms with Crippen molar-refractivity contribution in [2.24, 2.45) is 5.92 Å². The van der Waals surface area contributed by atoms with Crippen molar-refractivity contribution in [3.05, 3.63) is 24.3 Å². The second kappa shape index (κ2) is 5.53. The zero-order chi connectivity index (χ0) is 13.1. The number of ether oxygens (including phenoxy) is 2. The van der Waals surface area contributed by atoms with Gasteiger partial charge in [-0.25, -0.2) is 9.97 Å². The molecule has 0 amide bonds. The minimum absolute atomic E-state index is 0.0855. The lowest BCUT2D eigenvalue weighted by Gasteiger charge is -2.44. The van der Waals surface area contributed by atoms with Crippen LogP contribution in [0.3, 0.4) is 0 Å². The van der Waals surface area contributed by atoms with E-state index in [2.05, 4.69) is 9.97 Å². The van der Waals surface area contributed by atoms with Crippen LogP contribution in [0.25, 0.3) is 0 Å². The molecule has 3 rings (SSSR count). The molecule has 1 aromatic heterocycles. The number of rotatable bonds is 2. The first-order valence-corrected chi connectivity index (χ1v) is 6.94. The Bertz CT molecular complexity index is 401. The van der Waals surface area contributed by atoms with Crippen LogP contribution in [0.15, 0.2) is 18.7 Å². The summed E-state index contributed by atoms with van der Waals surface area (Å²) in [6, 6.07) is 0. The van der Waals surface area contributed by atoms with Crippen LogP contribution in [0.5, 0.6) is 0 Å². The van der Waals surface area contributed by atoms with E-state index in [4.69, 9.17) is 9.47 Å². The van der Waals surface area contributed by atoms with E-state index in [-0.39, 0.29) is 11.5 Å². The molecule has 1 aromatic rings. The van der Waals surface area contributed by atoms with Gasteiger partial charge in [0.25, 0.3) is 0 Å². The van der Waals surface area contributed by atoms with Crippen molar-refractivity contribution in [1.29, 1.82) is 0 Å². The monoisotopic (exact) mass is 264 g/mol. The highest BCUT2D eigenvalue weighted by Gasteiger charge is 2.41. The smallest absolute Gasteiger partial charge is 0.115 e. The van der Waals surface area contributed by atoms with Crippen molar-refractivity contribution >= 4 is 0 Å². The molecule has 104 valence electrons. The summed E-state index contributed by atoms with van der Waals surface area (Å²) in [5.41, 5.74) is 0.717. The van der Waals surface area contributed by atoms with Gasteiger partial charge in [-0.3, -0.25) is 0 Å². The third-order valence-corrected chi connectivity index (χ3v) is 4.30. The fourth-order valence-electron chi connectivity index (χ4n) is 3.16. The Morgan fingerprint density at radius 1 is 1.21 bits per heavy atom. The summed E-state index contributed by atoms with van der Waals surface area (Å²) in [4.78, 5) is 7.96. The van der Waals surface area contributed by atoms with Crippen LogP contribution in [0, 0.1) is 5.92 Å². The Labute approximate surface area is 113 Å². The molecule has 2 aliphatic rings. The van der Waals surface area contributed by atoms with Crippen LogP contribution in [-0.2, 0) is 9.47 Å². The maximum atomic E-state index is 10.5. The second-order valence-electron chi connectivity index (χ2n) is 5.51. The van der Waals surface area contributed by atoms with Crippen molar-refractivity contribution in [3.8, 4) is 0 Å². The molecule has 0 bridgehead atoms. The highest BCUT2D eigenvalue weighted by molar-refractivity contribution is 5.09. The summed E-state index contributed by atoms with van der Waals surface area (Å²) in [6.07, 6.45) is 8.03. The van der Waals surface area contributed by atoms with Crippen molar-refractivity contribution in [3.63, 3.8) is 0 Å². The molecular weight excluding hydrogens is 244 g/mol. The van der Waals surface area contributed by atoms with E-state index in [1.807, 2.05) is 0 Å². The molecule has 2 aliphatic heterocycles. The topological polar surface area (TPSA) is 64.5 Å². The Balaban J connectivity index is 1.71. The molecule has 1 N–H and O–H groups in total. The number of nitrogens with zero attached hydrogens (tertiary/aromatic N) is 2. The number of aliphatic hydroxyl groups is 1. The summed E-state index contributed by atoms with van der Waals surface area (Å²) >= 11 is 0. The average molecular weight is 264 g/mol. The van der Waals surface area contributed by atoms with E-state index in [0.29, 0.717) is 0 Å². The van der Waals surface area contributed by atoms with Gasteiger partial charge in [-0.05, 0) is 31.6 Å². The fraction of sp³-hybridized carbons (Fsp3) is 0.714. The first-order valence-electron chi connectivity index (χ1n) is 6.94. The largest absolute Gasteiger partial charge is 0.388 e. The van der Waals surface area contributed by atoms with E-state index < -0.39 is 6.10 Å². The Hall–Kier alpha value is -1.04. The number of aromatic nitrogens is 2. The van der Waals surface area contributed by atoms with Gasteiger partial charge in [0.2, 0.25) is 0 Å². The predicted molar refractivity (Wildman–Crippen MR) is 68.5 cm³/mol. The van der Waals surface area contributed by atoms with Gasteiger partial charge in [0, 0.05) is 37.8 Å². The van der Waals surface area contributed by atoms with Crippen LogP contribution in [0.1, 0.15) is 37.4 Å². The van der Waals surface area contributed by atoms with Crippen molar-refractivity contribution in [2.45, 2.75) is 37.4 Å². The van der Waals surface area contributed by atoms with Crippen LogP contribution in [-0.4, -0.2) is 40.5 Å². The molecule has 0 saturated carbocycles. The Morgan fingerprint density at radius 2 is 1.95 bits per heavy atom. The number of aliphatic hydroxyl groups excluding tert-OH is 1. The van der Waals surface area contributed by atoms with Gasteiger partial charge in [-0.15, -0.1) is 0 Å². The molecule has 1 spiro atoms. The molecule has 3 heterocycles. The minimum atomic E-state index is -0.496. The van der Waals surface area contributed by atoms with E-state index in [0.717, 1.165) is 51.1 Å². The molecule has 19 heavy (non-hydrogen) atoms. The molecule has 2 atom stereocenters. The van der Waals surface area contributed by atoms with E-state index in [9.17, 15) is 5.11 Å². The van der Waals surface area contributed by atoms with Crippen molar-refractivity contribution < 1.29 is 14.6 Å². The lowest BCUT2D eigenvalue weighted by Crippen LogP contribution is -2.45. The highest BCUT2D eigenvalue weighted by Crippen LogP contribution is 2.41. The highest BCUT2D eigenvalue weighted by atomic mass is 16.5. The van der Waals surface area contributed by atoms with Gasteiger partial charge in [-0.2, -0.15) is 0 Å². The van der Waals surface area contributed by atoms with Crippen molar-refractivity contribution in [2.75, 3.05) is 19.8 Å². The fourth-order valence-corrected chi connectivity index (χ4v) is 3.16. The van der Waals surface area contributed by atoms with Gasteiger partial charge < -0.3 is 14.6 Å². The lowest BCUT2D eigenvalue weighted by molar-refractivity contribution is -0.159. The zero-order valence-electron chi connectivity index (χ0n) is 11.0. The van der Waals surface area contributed by atoms with Gasteiger partial charge in [-0.1, -0.05) is 0 Å². The standard InChI is InChI=1S/C14H20N2O3/c17-13(12-8-15-10-16-9-12)11-1-4-19-14(7-11)2-5-18-6-3-14/h8-11,13,17H,1-7H2. The quantitative estimate of drug-likeness (QED) is 0.876. The SMILES string of the molecule is OC(c1cncnc1)C1CCOC2(CCOCC2)C1. The molecular formula is C14H20N2O3. The molecule has 0 radical (unpaired) electrons.